The van der Waals surface area contributed by atoms with Gasteiger partial charge in [0.25, 0.3) is 0 Å². The van der Waals surface area contributed by atoms with Gasteiger partial charge in [0.05, 0.1) is 23.7 Å². The summed E-state index contributed by atoms with van der Waals surface area (Å²) in [6.07, 6.45) is 0.975. The molecular formula is C14H26O4. The highest BCUT2D eigenvalue weighted by Crippen LogP contribution is 2.49. The van der Waals surface area contributed by atoms with Gasteiger partial charge in [-0.25, -0.2) is 0 Å². The lowest BCUT2D eigenvalue weighted by Crippen LogP contribution is -2.54. The van der Waals surface area contributed by atoms with Crippen LogP contribution in [0.1, 0.15) is 54.4 Å². The van der Waals surface area contributed by atoms with Crippen LogP contribution in [0.2, 0.25) is 0 Å². The second kappa shape index (κ2) is 4.82. The molecule has 4 heteroatoms. The fourth-order valence-electron chi connectivity index (χ4n) is 3.16. The average Bonchev–Trinajstić information content (AvgIpc) is 2.31. The molecule has 106 valence electrons. The van der Waals surface area contributed by atoms with Gasteiger partial charge in [-0.3, -0.25) is 4.79 Å². The first kappa shape index (κ1) is 15.4. The number of esters is 1. The third kappa shape index (κ3) is 2.54. The molecule has 2 unspecified atom stereocenters. The Balaban J connectivity index is 3.06. The molecule has 2 atom stereocenters. The lowest BCUT2D eigenvalue weighted by molar-refractivity contribution is -0.177. The van der Waals surface area contributed by atoms with Crippen LogP contribution in [0, 0.1) is 5.92 Å². The van der Waals surface area contributed by atoms with Crippen LogP contribution in [-0.4, -0.2) is 34.5 Å². The number of carbonyl (C=O) groups excluding carboxylic acids is 1. The van der Waals surface area contributed by atoms with Gasteiger partial charge < -0.3 is 14.6 Å². The van der Waals surface area contributed by atoms with Crippen molar-refractivity contribution in [2.75, 3.05) is 6.61 Å². The molecule has 1 aliphatic heterocycles. The van der Waals surface area contributed by atoms with Crippen molar-refractivity contribution < 1.29 is 19.4 Å². The van der Waals surface area contributed by atoms with Crippen molar-refractivity contribution in [1.82, 2.24) is 0 Å². The van der Waals surface area contributed by atoms with E-state index in [0.717, 1.165) is 0 Å². The molecular weight excluding hydrogens is 232 g/mol. The molecule has 0 spiro atoms. The van der Waals surface area contributed by atoms with Gasteiger partial charge in [-0.05, 0) is 41.0 Å². The van der Waals surface area contributed by atoms with E-state index in [0.29, 0.717) is 19.4 Å². The van der Waals surface area contributed by atoms with Crippen molar-refractivity contribution in [2.24, 2.45) is 5.92 Å². The van der Waals surface area contributed by atoms with Crippen molar-refractivity contribution in [2.45, 2.75) is 71.2 Å². The van der Waals surface area contributed by atoms with E-state index in [4.69, 9.17) is 9.47 Å². The number of aliphatic hydroxyl groups is 1. The summed E-state index contributed by atoms with van der Waals surface area (Å²) < 4.78 is 11.0. The van der Waals surface area contributed by atoms with Gasteiger partial charge in [0.1, 0.15) is 5.60 Å². The van der Waals surface area contributed by atoms with E-state index in [1.807, 2.05) is 34.6 Å². The van der Waals surface area contributed by atoms with Crippen LogP contribution in [0.15, 0.2) is 0 Å². The van der Waals surface area contributed by atoms with E-state index >= 15 is 0 Å². The highest BCUT2D eigenvalue weighted by atomic mass is 16.6. The molecule has 1 N–H and O–H groups in total. The zero-order valence-corrected chi connectivity index (χ0v) is 12.4. The van der Waals surface area contributed by atoms with Gasteiger partial charge in [0.2, 0.25) is 0 Å². The van der Waals surface area contributed by atoms with Crippen LogP contribution >= 0.6 is 0 Å². The molecule has 0 aromatic rings. The van der Waals surface area contributed by atoms with E-state index in [2.05, 4.69) is 0 Å². The Morgan fingerprint density at radius 3 is 2.22 bits per heavy atom. The molecule has 1 aliphatic rings. The topological polar surface area (TPSA) is 55.8 Å². The number of ether oxygens (including phenoxy) is 2. The van der Waals surface area contributed by atoms with Crippen LogP contribution in [0.3, 0.4) is 0 Å². The molecule has 0 radical (unpaired) electrons. The third-order valence-electron chi connectivity index (χ3n) is 3.83. The summed E-state index contributed by atoms with van der Waals surface area (Å²) in [6.45, 7) is 11.5. The van der Waals surface area contributed by atoms with E-state index in [-0.39, 0.29) is 5.97 Å². The zero-order chi connectivity index (χ0) is 14.2. The minimum Gasteiger partial charge on any atom is -0.466 e. The fraction of sp³-hybridized carbons (Fsp3) is 0.929. The first-order chi connectivity index (χ1) is 8.09. The van der Waals surface area contributed by atoms with Gasteiger partial charge in [-0.2, -0.15) is 0 Å². The molecule has 0 aromatic heterocycles. The lowest BCUT2D eigenvalue weighted by Gasteiger charge is -2.39. The van der Waals surface area contributed by atoms with Gasteiger partial charge in [0.15, 0.2) is 0 Å². The van der Waals surface area contributed by atoms with Crippen molar-refractivity contribution >= 4 is 5.97 Å². The summed E-state index contributed by atoms with van der Waals surface area (Å²) >= 11 is 0. The predicted molar refractivity (Wildman–Crippen MR) is 69.2 cm³/mol. The average molecular weight is 258 g/mol. The van der Waals surface area contributed by atoms with E-state index in [9.17, 15) is 9.90 Å². The minimum atomic E-state index is -1.18. The molecule has 1 saturated heterocycles. The largest absolute Gasteiger partial charge is 0.466 e. The zero-order valence-electron chi connectivity index (χ0n) is 12.4. The van der Waals surface area contributed by atoms with Crippen molar-refractivity contribution in [3.8, 4) is 0 Å². The summed E-state index contributed by atoms with van der Waals surface area (Å²) in [4.78, 5) is 12.0. The van der Waals surface area contributed by atoms with Gasteiger partial charge in [0, 0.05) is 6.42 Å². The van der Waals surface area contributed by atoms with Crippen LogP contribution in [0.4, 0.5) is 0 Å². The minimum absolute atomic E-state index is 0.329. The highest BCUT2D eigenvalue weighted by Gasteiger charge is 2.61. The van der Waals surface area contributed by atoms with Crippen molar-refractivity contribution in [3.05, 3.63) is 0 Å². The molecule has 1 heterocycles. The molecule has 0 aliphatic carbocycles. The smallest absolute Gasteiger partial charge is 0.311 e. The first-order valence-corrected chi connectivity index (χ1v) is 6.69. The Hall–Kier alpha value is -0.610. The fourth-order valence-corrected chi connectivity index (χ4v) is 3.16. The van der Waals surface area contributed by atoms with Crippen LogP contribution in [0.25, 0.3) is 0 Å². The lowest BCUT2D eigenvalue weighted by atomic mass is 9.72. The summed E-state index contributed by atoms with van der Waals surface area (Å²) in [5, 5.41) is 11.0. The van der Waals surface area contributed by atoms with E-state index in [1.165, 1.54) is 0 Å². The summed E-state index contributed by atoms with van der Waals surface area (Å²) in [5.41, 5.74) is -2.38. The molecule has 1 rings (SSSR count). The maximum absolute atomic E-state index is 12.0. The first-order valence-electron chi connectivity index (χ1n) is 6.69. The summed E-state index contributed by atoms with van der Waals surface area (Å²) in [6, 6.07) is 0. The summed E-state index contributed by atoms with van der Waals surface area (Å²) in [5.74, 6) is -0.883. The molecule has 0 saturated carbocycles. The Morgan fingerprint density at radius 2 is 1.89 bits per heavy atom. The van der Waals surface area contributed by atoms with Crippen molar-refractivity contribution in [3.63, 3.8) is 0 Å². The Morgan fingerprint density at radius 1 is 1.33 bits per heavy atom. The van der Waals surface area contributed by atoms with E-state index in [1.54, 1.807) is 6.92 Å². The second-order valence-corrected chi connectivity index (χ2v) is 6.19. The maximum Gasteiger partial charge on any atom is 0.311 e. The standard InChI is InChI=1S/C14H26O4/c1-7-10(11(15)17-8-2)14(16)9-12(3,4)18-13(14,5)6/h10,16H,7-9H2,1-6H3. The maximum atomic E-state index is 12.0. The van der Waals surface area contributed by atoms with Gasteiger partial charge in [-0.1, -0.05) is 6.92 Å². The Labute approximate surface area is 110 Å². The SMILES string of the molecule is CCOC(=O)C(CC)C1(O)CC(C)(C)OC1(C)C. The molecule has 0 aromatic carbocycles. The Kier molecular flexibility index (Phi) is 4.13. The van der Waals surface area contributed by atoms with Crippen molar-refractivity contribution in [1.29, 1.82) is 0 Å². The summed E-state index contributed by atoms with van der Waals surface area (Å²) in [7, 11) is 0. The highest BCUT2D eigenvalue weighted by molar-refractivity contribution is 5.74. The molecule has 18 heavy (non-hydrogen) atoms. The van der Waals surface area contributed by atoms with E-state index < -0.39 is 22.7 Å². The van der Waals surface area contributed by atoms with Crippen LogP contribution in [-0.2, 0) is 14.3 Å². The quantitative estimate of drug-likeness (QED) is 0.786. The normalized spacial score (nSPS) is 31.1. The molecule has 4 nitrogen and oxygen atoms in total. The molecule has 1 fully saturated rings. The Bertz CT molecular complexity index is 322. The number of carbonyl (C=O) groups is 1. The number of hydrogen-bond acceptors (Lipinski definition) is 4. The van der Waals surface area contributed by atoms with Crippen LogP contribution < -0.4 is 0 Å². The molecule has 0 bridgehead atoms. The molecule has 0 amide bonds. The predicted octanol–water partition coefficient (Wildman–Crippen LogP) is 2.28. The van der Waals surface area contributed by atoms with Gasteiger partial charge in [-0.15, -0.1) is 0 Å². The van der Waals surface area contributed by atoms with Gasteiger partial charge >= 0.3 is 5.97 Å². The second-order valence-electron chi connectivity index (χ2n) is 6.19. The number of hydrogen-bond donors (Lipinski definition) is 1. The number of rotatable bonds is 4. The monoisotopic (exact) mass is 258 g/mol. The third-order valence-corrected chi connectivity index (χ3v) is 3.83. The van der Waals surface area contributed by atoms with Crippen LogP contribution in [0.5, 0.6) is 0 Å².